The third-order valence-electron chi connectivity index (χ3n) is 5.21. The molecule has 0 spiro atoms. The van der Waals surface area contributed by atoms with Crippen LogP contribution in [0.4, 0.5) is 44.3 Å². The smallest absolute Gasteiger partial charge is 0.475 e. The molecule has 0 saturated heterocycles. The summed E-state index contributed by atoms with van der Waals surface area (Å²) in [5, 5.41) is 12.1. The minimum absolute atomic E-state index is 0.0123. The van der Waals surface area contributed by atoms with E-state index >= 15 is 0 Å². The van der Waals surface area contributed by atoms with Crippen molar-refractivity contribution in [2.75, 3.05) is 0 Å². The fraction of sp³-hybridized carbons (Fsp3) is 0.240. The number of nitrogens with one attached hydrogen (secondary N) is 2. The molecule has 1 aromatic heterocycles. The van der Waals surface area contributed by atoms with Crippen LogP contribution in [0.5, 0.6) is 0 Å². The predicted molar refractivity (Wildman–Crippen MR) is 123 cm³/mol. The van der Waals surface area contributed by atoms with Crippen LogP contribution in [0.3, 0.4) is 0 Å². The van der Waals surface area contributed by atoms with E-state index in [1.807, 2.05) is 19.1 Å². The van der Waals surface area contributed by atoms with Crippen molar-refractivity contribution >= 4 is 12.0 Å². The van der Waals surface area contributed by atoms with Gasteiger partial charge in [0.2, 0.25) is 0 Å². The monoisotopic (exact) mass is 581 g/mol. The largest absolute Gasteiger partial charge is 0.490 e. The molecule has 0 aliphatic rings. The maximum absolute atomic E-state index is 13.6. The van der Waals surface area contributed by atoms with Crippen molar-refractivity contribution in [1.29, 1.82) is 0 Å². The second-order valence-corrected chi connectivity index (χ2v) is 8.04. The van der Waals surface area contributed by atoms with E-state index in [9.17, 15) is 44.3 Å². The first-order valence-electron chi connectivity index (χ1n) is 11.0. The first-order valence-corrected chi connectivity index (χ1v) is 11.0. The molecule has 40 heavy (non-hydrogen) atoms. The molecule has 1 heterocycles. The molecule has 0 saturated carbocycles. The SMILES string of the molecule is Cc1ccccc1CNC(=O)N[C@@H](c1ccc(C(F)(F)F)cc1)c1ncccc1C(F)(F)F.O=C(O)C(F)(F)F. The van der Waals surface area contributed by atoms with Gasteiger partial charge in [0.25, 0.3) is 0 Å². The highest BCUT2D eigenvalue weighted by Gasteiger charge is 2.39. The van der Waals surface area contributed by atoms with Crippen molar-refractivity contribution in [1.82, 2.24) is 15.6 Å². The Hall–Kier alpha value is -4.30. The minimum atomic E-state index is -5.08. The summed E-state index contributed by atoms with van der Waals surface area (Å²) in [4.78, 5) is 25.3. The van der Waals surface area contributed by atoms with Crippen molar-refractivity contribution < 1.29 is 54.2 Å². The van der Waals surface area contributed by atoms with Gasteiger partial charge in [0, 0.05) is 12.7 Å². The fourth-order valence-electron chi connectivity index (χ4n) is 3.23. The van der Waals surface area contributed by atoms with E-state index in [4.69, 9.17) is 9.90 Å². The molecule has 0 fully saturated rings. The summed E-state index contributed by atoms with van der Waals surface area (Å²) in [7, 11) is 0. The molecule has 1 atom stereocenters. The van der Waals surface area contributed by atoms with Crippen LogP contribution >= 0.6 is 0 Å². The van der Waals surface area contributed by atoms with Gasteiger partial charge in [0.1, 0.15) is 0 Å². The molecule has 3 aromatic rings. The zero-order valence-electron chi connectivity index (χ0n) is 20.2. The van der Waals surface area contributed by atoms with Crippen LogP contribution < -0.4 is 10.6 Å². The summed E-state index contributed by atoms with van der Waals surface area (Å²) in [6.45, 7) is 1.94. The lowest BCUT2D eigenvalue weighted by molar-refractivity contribution is -0.192. The number of aryl methyl sites for hydroxylation is 1. The van der Waals surface area contributed by atoms with E-state index in [-0.39, 0.29) is 12.1 Å². The number of aromatic nitrogens is 1. The van der Waals surface area contributed by atoms with E-state index in [1.165, 1.54) is 0 Å². The molecule has 0 aliphatic carbocycles. The van der Waals surface area contributed by atoms with Crippen molar-refractivity contribution in [2.24, 2.45) is 0 Å². The van der Waals surface area contributed by atoms with Crippen molar-refractivity contribution in [3.05, 3.63) is 100 Å². The lowest BCUT2D eigenvalue weighted by atomic mass is 9.98. The predicted octanol–water partition coefficient (Wildman–Crippen LogP) is 6.65. The number of halogens is 9. The Labute approximate surface area is 220 Å². The highest BCUT2D eigenvalue weighted by Crippen LogP contribution is 2.36. The third-order valence-corrected chi connectivity index (χ3v) is 5.21. The summed E-state index contributed by atoms with van der Waals surface area (Å²) in [6.07, 6.45) is -13.4. The normalized spacial score (nSPS) is 12.6. The lowest BCUT2D eigenvalue weighted by Crippen LogP contribution is -2.39. The van der Waals surface area contributed by atoms with E-state index in [1.54, 1.807) is 12.1 Å². The first-order chi connectivity index (χ1) is 18.4. The molecule has 0 aliphatic heterocycles. The molecular weight excluding hydrogens is 561 g/mol. The standard InChI is InChI=1S/C23H19F6N3O.C2HF3O2/c1-14-5-2-3-6-16(14)13-31-21(33)32-19(15-8-10-17(11-9-15)22(24,25)26)20-18(23(27,28)29)7-4-12-30-20;3-2(4,5)1(6)7/h2-12,19H,13H2,1H3,(H2,31,32,33);(H,6,7)/t19-;/m0./s1. The van der Waals surface area contributed by atoms with Gasteiger partial charge in [0.15, 0.2) is 0 Å². The van der Waals surface area contributed by atoms with Crippen molar-refractivity contribution in [3.63, 3.8) is 0 Å². The number of alkyl halides is 9. The molecule has 3 N–H and O–H groups in total. The number of carbonyl (C=O) groups is 2. The molecule has 6 nitrogen and oxygen atoms in total. The summed E-state index contributed by atoms with van der Waals surface area (Å²) in [5.74, 6) is -2.76. The first kappa shape index (κ1) is 31.9. The average Bonchev–Trinajstić information content (AvgIpc) is 2.86. The van der Waals surface area contributed by atoms with Crippen LogP contribution in [-0.2, 0) is 23.7 Å². The maximum Gasteiger partial charge on any atom is 0.490 e. The molecule has 0 unspecified atom stereocenters. The maximum atomic E-state index is 13.6. The second-order valence-electron chi connectivity index (χ2n) is 8.04. The number of carboxylic acid groups (broad SMARTS) is 1. The van der Waals surface area contributed by atoms with Gasteiger partial charge in [-0.25, -0.2) is 9.59 Å². The second kappa shape index (κ2) is 12.7. The Morgan fingerprint density at radius 3 is 1.93 bits per heavy atom. The number of rotatable bonds is 5. The quantitative estimate of drug-likeness (QED) is 0.295. The topological polar surface area (TPSA) is 91.3 Å². The molecule has 15 heteroatoms. The van der Waals surface area contributed by atoms with Crippen molar-refractivity contribution in [2.45, 2.75) is 38.0 Å². The van der Waals surface area contributed by atoms with Gasteiger partial charge in [-0.3, -0.25) is 4.98 Å². The number of nitrogens with zero attached hydrogens (tertiary/aromatic N) is 1. The molecule has 2 aromatic carbocycles. The van der Waals surface area contributed by atoms with Crippen LogP contribution in [-0.4, -0.2) is 28.3 Å². The average molecular weight is 581 g/mol. The van der Waals surface area contributed by atoms with Gasteiger partial charge in [-0.05, 0) is 47.9 Å². The highest BCUT2D eigenvalue weighted by molar-refractivity contribution is 5.75. The number of pyridine rings is 1. The van der Waals surface area contributed by atoms with Gasteiger partial charge in [-0.15, -0.1) is 0 Å². The molecule has 3 rings (SSSR count). The van der Waals surface area contributed by atoms with Crippen molar-refractivity contribution in [3.8, 4) is 0 Å². The number of hydrogen-bond donors (Lipinski definition) is 3. The molecule has 216 valence electrons. The van der Waals surface area contributed by atoms with Gasteiger partial charge < -0.3 is 15.7 Å². The number of benzene rings is 2. The van der Waals surface area contributed by atoms with E-state index in [2.05, 4.69) is 15.6 Å². The van der Waals surface area contributed by atoms with E-state index in [0.29, 0.717) is 0 Å². The van der Waals surface area contributed by atoms with Gasteiger partial charge >= 0.3 is 30.5 Å². The Morgan fingerprint density at radius 2 is 1.43 bits per heavy atom. The van der Waals surface area contributed by atoms with Gasteiger partial charge in [0.05, 0.1) is 22.9 Å². The summed E-state index contributed by atoms with van der Waals surface area (Å²) in [5.41, 5.74) is -0.886. The zero-order valence-corrected chi connectivity index (χ0v) is 20.2. The molecule has 2 amide bonds. The Morgan fingerprint density at radius 1 is 0.850 bits per heavy atom. The molecule has 0 radical (unpaired) electrons. The number of hydrogen-bond acceptors (Lipinski definition) is 3. The minimum Gasteiger partial charge on any atom is -0.475 e. The van der Waals surface area contributed by atoms with Crippen LogP contribution in [0.15, 0.2) is 66.9 Å². The summed E-state index contributed by atoms with van der Waals surface area (Å²) in [6, 6.07) is 10.4. The van der Waals surface area contributed by atoms with Crippen LogP contribution in [0.2, 0.25) is 0 Å². The molecule has 0 bridgehead atoms. The lowest BCUT2D eigenvalue weighted by Gasteiger charge is -2.23. The Balaban J connectivity index is 0.000000708. The van der Waals surface area contributed by atoms with E-state index < -0.39 is 53.4 Å². The zero-order chi connectivity index (χ0) is 30.3. The van der Waals surface area contributed by atoms with E-state index in [0.717, 1.165) is 53.7 Å². The summed E-state index contributed by atoms with van der Waals surface area (Å²) < 4.78 is 111. The van der Waals surface area contributed by atoms with Crippen LogP contribution in [0, 0.1) is 6.92 Å². The number of urea groups is 1. The van der Waals surface area contributed by atoms with Gasteiger partial charge in [-0.2, -0.15) is 39.5 Å². The number of carboxylic acids is 1. The van der Waals surface area contributed by atoms with Gasteiger partial charge in [-0.1, -0.05) is 36.4 Å². The third kappa shape index (κ3) is 9.17. The highest BCUT2D eigenvalue weighted by atomic mass is 19.4. The molecular formula is C25H20F9N3O3. The number of carbonyl (C=O) groups excluding carboxylic acids is 1. The summed E-state index contributed by atoms with van der Waals surface area (Å²) >= 11 is 0. The van der Waals surface area contributed by atoms with Crippen LogP contribution in [0.25, 0.3) is 0 Å². The Bertz CT molecular complexity index is 1310. The Kier molecular flexibility index (Phi) is 10.1. The fourth-order valence-corrected chi connectivity index (χ4v) is 3.23. The number of amides is 2. The number of aliphatic carboxylic acids is 1. The van der Waals surface area contributed by atoms with Crippen LogP contribution in [0.1, 0.15) is 39.6 Å².